The molecule has 11 heteroatoms. The molecule has 7 nitrogen and oxygen atoms in total. The van der Waals surface area contributed by atoms with E-state index in [1.807, 2.05) is 0 Å². The van der Waals surface area contributed by atoms with E-state index in [0.717, 1.165) is 17.8 Å². The quantitative estimate of drug-likeness (QED) is 0.529. The van der Waals surface area contributed by atoms with Crippen LogP contribution in [0.2, 0.25) is 5.15 Å². The van der Waals surface area contributed by atoms with Crippen LogP contribution in [0, 0.1) is 5.82 Å². The van der Waals surface area contributed by atoms with Gasteiger partial charge in [-0.1, -0.05) is 11.6 Å². The van der Waals surface area contributed by atoms with Crippen LogP contribution in [-0.2, 0) is 10.0 Å². The third-order valence-electron chi connectivity index (χ3n) is 3.37. The highest BCUT2D eigenvalue weighted by Crippen LogP contribution is 2.29. The molecule has 3 aromatic heterocycles. The molecule has 0 fully saturated rings. The van der Waals surface area contributed by atoms with Crippen molar-refractivity contribution in [1.82, 2.24) is 18.7 Å². The average molecular weight is 384 g/mol. The lowest BCUT2D eigenvalue weighted by atomic mass is 10.2. The van der Waals surface area contributed by atoms with Gasteiger partial charge in [0.15, 0.2) is 5.82 Å². The van der Waals surface area contributed by atoms with Gasteiger partial charge >= 0.3 is 0 Å². The van der Waals surface area contributed by atoms with Crippen LogP contribution >= 0.6 is 23.3 Å². The second-order valence-corrected chi connectivity index (χ2v) is 7.41. The van der Waals surface area contributed by atoms with Gasteiger partial charge in [-0.25, -0.2) is 17.8 Å². The number of pyridine rings is 1. The first-order valence-electron chi connectivity index (χ1n) is 6.53. The first kappa shape index (κ1) is 15.2. The van der Waals surface area contributed by atoms with Crippen LogP contribution in [0.3, 0.4) is 0 Å². The fourth-order valence-corrected chi connectivity index (χ4v) is 4.24. The molecular formula is C13H7ClFN5O2S2. The number of nitrogens with zero attached hydrogens (tertiary/aromatic N) is 3. The number of benzene rings is 1. The molecule has 4 rings (SSSR count). The van der Waals surface area contributed by atoms with Gasteiger partial charge in [0, 0.05) is 11.6 Å². The third-order valence-corrected chi connectivity index (χ3v) is 5.51. The number of aromatic amines is 1. The highest BCUT2D eigenvalue weighted by molar-refractivity contribution is 7.93. The lowest BCUT2D eigenvalue weighted by Crippen LogP contribution is -2.13. The average Bonchev–Trinajstić information content (AvgIpc) is 3.17. The highest BCUT2D eigenvalue weighted by atomic mass is 35.5. The van der Waals surface area contributed by atoms with E-state index in [-0.39, 0.29) is 26.8 Å². The summed E-state index contributed by atoms with van der Waals surface area (Å²) in [4.78, 5) is 6.78. The molecule has 122 valence electrons. The van der Waals surface area contributed by atoms with Gasteiger partial charge in [0.25, 0.3) is 10.0 Å². The van der Waals surface area contributed by atoms with Crippen molar-refractivity contribution in [2.24, 2.45) is 0 Å². The Morgan fingerprint density at radius 3 is 2.79 bits per heavy atom. The number of anilines is 1. The maximum Gasteiger partial charge on any atom is 0.264 e. The number of rotatable bonds is 3. The van der Waals surface area contributed by atoms with Crippen molar-refractivity contribution in [1.29, 1.82) is 0 Å². The smallest absolute Gasteiger partial charge is 0.264 e. The van der Waals surface area contributed by atoms with Gasteiger partial charge in [-0.2, -0.15) is 8.75 Å². The zero-order chi connectivity index (χ0) is 16.9. The summed E-state index contributed by atoms with van der Waals surface area (Å²) in [5, 5.41) is 0.636. The van der Waals surface area contributed by atoms with Gasteiger partial charge in [0.05, 0.1) is 17.4 Å². The number of hydrogen-bond donors (Lipinski definition) is 2. The Kier molecular flexibility index (Phi) is 3.41. The van der Waals surface area contributed by atoms with Crippen LogP contribution in [0.4, 0.5) is 10.1 Å². The van der Waals surface area contributed by atoms with Crippen LogP contribution < -0.4 is 4.72 Å². The summed E-state index contributed by atoms with van der Waals surface area (Å²) >= 11 is 6.60. The van der Waals surface area contributed by atoms with Crippen LogP contribution in [0.1, 0.15) is 0 Å². The Morgan fingerprint density at radius 2 is 1.96 bits per heavy atom. The van der Waals surface area contributed by atoms with E-state index in [9.17, 15) is 12.8 Å². The van der Waals surface area contributed by atoms with Crippen LogP contribution in [-0.4, -0.2) is 27.1 Å². The number of aromatic nitrogens is 4. The molecule has 0 saturated heterocycles. The molecule has 0 aliphatic carbocycles. The molecule has 0 aliphatic heterocycles. The van der Waals surface area contributed by atoms with E-state index in [0.29, 0.717) is 11.0 Å². The summed E-state index contributed by atoms with van der Waals surface area (Å²) in [6.07, 6.45) is 1.32. The topological polar surface area (TPSA) is 101 Å². The molecule has 3 heterocycles. The molecule has 0 radical (unpaired) electrons. The van der Waals surface area contributed by atoms with Crippen LogP contribution in [0.25, 0.3) is 22.1 Å². The number of nitrogens with one attached hydrogen (secondary N) is 2. The van der Waals surface area contributed by atoms with Crippen molar-refractivity contribution in [3.05, 3.63) is 41.4 Å². The maximum atomic E-state index is 13.7. The Bertz CT molecular complexity index is 1190. The van der Waals surface area contributed by atoms with Crippen molar-refractivity contribution in [2.75, 3.05) is 4.72 Å². The minimum absolute atomic E-state index is 0.00216. The van der Waals surface area contributed by atoms with Crippen molar-refractivity contribution in [3.63, 3.8) is 0 Å². The standard InChI is InChI=1S/C13H7ClFN5O2S2/c14-10-4-1-6-9(5-16-13(6)17-10)24(21,22)20-8-3-2-7(15)11-12(8)19-23-18-11/h1-5,20H,(H,16,17). The summed E-state index contributed by atoms with van der Waals surface area (Å²) in [7, 11) is -3.94. The van der Waals surface area contributed by atoms with E-state index in [1.54, 1.807) is 6.07 Å². The fraction of sp³-hybridized carbons (Fsp3) is 0. The normalized spacial score (nSPS) is 12.1. The maximum absolute atomic E-state index is 13.7. The van der Waals surface area contributed by atoms with Gasteiger partial charge in [-0.3, -0.25) is 4.72 Å². The molecule has 4 aromatic rings. The number of halogens is 2. The van der Waals surface area contributed by atoms with Crippen molar-refractivity contribution in [2.45, 2.75) is 4.90 Å². The monoisotopic (exact) mass is 383 g/mol. The number of fused-ring (bicyclic) bond motifs is 2. The Labute approximate surface area is 143 Å². The van der Waals surface area contributed by atoms with Gasteiger partial charge < -0.3 is 4.98 Å². The lowest BCUT2D eigenvalue weighted by molar-refractivity contribution is 0.602. The Morgan fingerprint density at radius 1 is 1.17 bits per heavy atom. The van der Waals surface area contributed by atoms with Crippen LogP contribution in [0.5, 0.6) is 0 Å². The molecule has 0 atom stereocenters. The highest BCUT2D eigenvalue weighted by Gasteiger charge is 2.22. The number of hydrogen-bond acceptors (Lipinski definition) is 6. The minimum atomic E-state index is -3.94. The first-order chi connectivity index (χ1) is 11.5. The summed E-state index contributed by atoms with van der Waals surface area (Å²) in [5.41, 5.74) is 0.677. The summed E-state index contributed by atoms with van der Waals surface area (Å²) in [6.45, 7) is 0. The summed E-state index contributed by atoms with van der Waals surface area (Å²) in [6, 6.07) is 5.50. The molecule has 0 amide bonds. The Balaban J connectivity index is 1.82. The number of H-pyrrole nitrogens is 1. The second kappa shape index (κ2) is 5.36. The van der Waals surface area contributed by atoms with Gasteiger partial charge in [0.1, 0.15) is 26.7 Å². The predicted molar refractivity (Wildman–Crippen MR) is 89.3 cm³/mol. The zero-order valence-electron chi connectivity index (χ0n) is 11.6. The van der Waals surface area contributed by atoms with Crippen molar-refractivity contribution < 1.29 is 12.8 Å². The molecule has 0 aliphatic rings. The van der Waals surface area contributed by atoms with Crippen LogP contribution in [0.15, 0.2) is 35.4 Å². The molecule has 24 heavy (non-hydrogen) atoms. The molecule has 0 saturated carbocycles. The molecule has 1 aromatic carbocycles. The largest absolute Gasteiger partial charge is 0.345 e. The van der Waals surface area contributed by atoms with Gasteiger partial charge in [-0.05, 0) is 24.3 Å². The van der Waals surface area contributed by atoms with E-state index in [1.165, 1.54) is 18.3 Å². The SMILES string of the molecule is O=S(=O)(Nc1ccc(F)c2nsnc12)c1c[nH]c2nc(Cl)ccc12. The fourth-order valence-electron chi connectivity index (χ4n) is 2.30. The summed E-state index contributed by atoms with van der Waals surface area (Å²) in [5.74, 6) is -0.562. The first-order valence-corrected chi connectivity index (χ1v) is 9.12. The molecule has 0 spiro atoms. The van der Waals surface area contributed by atoms with Crippen molar-refractivity contribution >= 4 is 61.1 Å². The second-order valence-electron chi connectivity index (χ2n) is 4.84. The zero-order valence-corrected chi connectivity index (χ0v) is 14.0. The van der Waals surface area contributed by atoms with E-state index in [4.69, 9.17) is 11.6 Å². The molecule has 0 bridgehead atoms. The minimum Gasteiger partial charge on any atom is -0.345 e. The summed E-state index contributed by atoms with van der Waals surface area (Å²) < 4.78 is 49.2. The van der Waals surface area contributed by atoms with E-state index in [2.05, 4.69) is 23.4 Å². The molecule has 2 N–H and O–H groups in total. The molecule has 0 unspecified atom stereocenters. The van der Waals surface area contributed by atoms with Crippen molar-refractivity contribution in [3.8, 4) is 0 Å². The third kappa shape index (κ3) is 2.39. The number of sulfonamides is 1. The molecular weight excluding hydrogens is 377 g/mol. The lowest BCUT2D eigenvalue weighted by Gasteiger charge is -2.07. The van der Waals surface area contributed by atoms with Gasteiger partial charge in [0.2, 0.25) is 0 Å². The Hall–Kier alpha value is -2.30. The van der Waals surface area contributed by atoms with E-state index < -0.39 is 15.8 Å². The predicted octanol–water partition coefficient (Wildman–Crippen LogP) is 3.16. The van der Waals surface area contributed by atoms with Gasteiger partial charge in [-0.15, -0.1) is 0 Å². The van der Waals surface area contributed by atoms with E-state index >= 15 is 0 Å².